The lowest BCUT2D eigenvalue weighted by atomic mass is 10.1. The highest BCUT2D eigenvalue weighted by Crippen LogP contribution is 2.25. The monoisotopic (exact) mass is 223 g/mol. The quantitative estimate of drug-likeness (QED) is 0.820. The molecule has 2 rings (SSSR count). The van der Waals surface area contributed by atoms with Gasteiger partial charge in [-0.05, 0) is 19.2 Å². The smallest absolute Gasteiger partial charge is 0.146 e. The molecule has 0 aliphatic carbocycles. The summed E-state index contributed by atoms with van der Waals surface area (Å²) in [5.74, 6) is -1.60. The molecule has 0 spiro atoms. The highest BCUT2D eigenvalue weighted by atomic mass is 19.1. The Morgan fingerprint density at radius 1 is 1.38 bits per heavy atom. The van der Waals surface area contributed by atoms with Crippen molar-refractivity contribution in [3.05, 3.63) is 29.3 Å². The van der Waals surface area contributed by atoms with E-state index in [1.165, 1.54) is 18.2 Å². The maximum absolute atomic E-state index is 13.3. The van der Waals surface area contributed by atoms with Gasteiger partial charge in [0, 0.05) is 24.8 Å². The van der Waals surface area contributed by atoms with E-state index in [0.717, 1.165) is 13.1 Å². The lowest BCUT2D eigenvalue weighted by Crippen LogP contribution is -2.57. The van der Waals surface area contributed by atoms with E-state index < -0.39 is 17.2 Å². The third kappa shape index (κ3) is 1.72. The van der Waals surface area contributed by atoms with Crippen LogP contribution in [0.2, 0.25) is 0 Å². The van der Waals surface area contributed by atoms with Crippen LogP contribution in [0.4, 0.5) is 14.5 Å². The summed E-state index contributed by atoms with van der Waals surface area (Å²) >= 11 is 0. The van der Waals surface area contributed by atoms with Gasteiger partial charge in [0.15, 0.2) is 0 Å². The normalized spacial score (nSPS) is 15.8. The molecule has 3 nitrogen and oxygen atoms in total. The third-order valence-electron chi connectivity index (χ3n) is 2.79. The van der Waals surface area contributed by atoms with Crippen molar-refractivity contribution >= 4 is 5.69 Å². The van der Waals surface area contributed by atoms with E-state index in [-0.39, 0.29) is 0 Å². The molecule has 84 valence electrons. The largest absolute Gasteiger partial charge is 0.368 e. The number of nitrogens with zero attached hydrogens (tertiary/aromatic N) is 2. The van der Waals surface area contributed by atoms with Crippen LogP contribution >= 0.6 is 0 Å². The molecule has 0 radical (unpaired) electrons. The Kier molecular flexibility index (Phi) is 2.75. The molecule has 0 unspecified atom stereocenters. The van der Waals surface area contributed by atoms with Crippen molar-refractivity contribution in [3.8, 4) is 6.07 Å². The first-order valence-electron chi connectivity index (χ1n) is 4.97. The van der Waals surface area contributed by atoms with E-state index in [9.17, 15) is 8.78 Å². The predicted molar refractivity (Wildman–Crippen MR) is 56.1 cm³/mol. The van der Waals surface area contributed by atoms with Crippen LogP contribution in [0.25, 0.3) is 0 Å². The number of hydrogen-bond donors (Lipinski definition) is 1. The fourth-order valence-corrected chi connectivity index (χ4v) is 1.72. The third-order valence-corrected chi connectivity index (χ3v) is 2.79. The van der Waals surface area contributed by atoms with Gasteiger partial charge in [-0.25, -0.2) is 8.78 Å². The first-order chi connectivity index (χ1) is 7.65. The van der Waals surface area contributed by atoms with Crippen molar-refractivity contribution in [1.82, 2.24) is 5.32 Å². The second kappa shape index (κ2) is 4.06. The van der Waals surface area contributed by atoms with E-state index in [1.807, 2.05) is 11.9 Å². The van der Waals surface area contributed by atoms with Gasteiger partial charge in [-0.15, -0.1) is 0 Å². The minimum atomic E-state index is -0.801. The lowest BCUT2D eigenvalue weighted by Gasteiger charge is -2.40. The summed E-state index contributed by atoms with van der Waals surface area (Å²) in [5.41, 5.74) is -0.0325. The molecule has 1 heterocycles. The Morgan fingerprint density at radius 2 is 1.94 bits per heavy atom. The van der Waals surface area contributed by atoms with Crippen molar-refractivity contribution in [2.45, 2.75) is 6.04 Å². The van der Waals surface area contributed by atoms with Crippen LogP contribution in [-0.2, 0) is 0 Å². The molecule has 1 aliphatic heterocycles. The van der Waals surface area contributed by atoms with Crippen LogP contribution in [0.3, 0.4) is 0 Å². The predicted octanol–water partition coefficient (Wildman–Crippen LogP) is 1.24. The van der Waals surface area contributed by atoms with Gasteiger partial charge < -0.3 is 10.2 Å². The molecule has 1 saturated heterocycles. The van der Waals surface area contributed by atoms with Gasteiger partial charge >= 0.3 is 0 Å². The van der Waals surface area contributed by atoms with Crippen LogP contribution in [0, 0.1) is 23.0 Å². The molecule has 1 aromatic rings. The SMILES string of the molecule is CNC1CN(c2cc(F)c(C#N)c(F)c2)C1. The second-order valence-electron chi connectivity index (χ2n) is 3.79. The summed E-state index contributed by atoms with van der Waals surface area (Å²) in [6.45, 7) is 1.45. The first-order valence-corrected chi connectivity index (χ1v) is 4.97. The molecule has 0 amide bonds. The van der Waals surface area contributed by atoms with Crippen molar-refractivity contribution in [3.63, 3.8) is 0 Å². The summed E-state index contributed by atoms with van der Waals surface area (Å²) in [4.78, 5) is 1.86. The highest BCUT2D eigenvalue weighted by molar-refractivity contribution is 5.53. The molecule has 1 aromatic carbocycles. The van der Waals surface area contributed by atoms with E-state index in [1.54, 1.807) is 0 Å². The molecule has 1 fully saturated rings. The number of anilines is 1. The average molecular weight is 223 g/mol. The summed E-state index contributed by atoms with van der Waals surface area (Å²) in [5, 5.41) is 11.6. The number of halogens is 2. The zero-order valence-corrected chi connectivity index (χ0v) is 8.80. The lowest BCUT2D eigenvalue weighted by molar-refractivity contribution is 0.448. The summed E-state index contributed by atoms with van der Waals surface area (Å²) in [6, 6.07) is 4.27. The number of nitrogens with one attached hydrogen (secondary N) is 1. The minimum absolute atomic E-state index is 0.363. The van der Waals surface area contributed by atoms with Gasteiger partial charge in [0.1, 0.15) is 23.3 Å². The van der Waals surface area contributed by atoms with Crippen LogP contribution in [0.15, 0.2) is 12.1 Å². The van der Waals surface area contributed by atoms with Crippen molar-refractivity contribution in [1.29, 1.82) is 5.26 Å². The van der Waals surface area contributed by atoms with Crippen LogP contribution in [0.5, 0.6) is 0 Å². The molecular weight excluding hydrogens is 212 g/mol. The van der Waals surface area contributed by atoms with Crippen molar-refractivity contribution in [2.24, 2.45) is 0 Å². The van der Waals surface area contributed by atoms with E-state index >= 15 is 0 Å². The summed E-state index contributed by atoms with van der Waals surface area (Å²) in [7, 11) is 1.85. The number of likely N-dealkylation sites (N-methyl/N-ethyl adjacent to an activating group) is 1. The second-order valence-corrected chi connectivity index (χ2v) is 3.79. The number of nitriles is 1. The minimum Gasteiger partial charge on any atom is -0.368 e. The first kappa shape index (κ1) is 10.8. The molecule has 0 bridgehead atoms. The molecule has 0 saturated carbocycles. The average Bonchev–Trinajstić information content (AvgIpc) is 2.15. The van der Waals surface area contributed by atoms with Crippen molar-refractivity contribution < 1.29 is 8.78 Å². The maximum atomic E-state index is 13.3. The van der Waals surface area contributed by atoms with Gasteiger partial charge in [0.2, 0.25) is 0 Å². The van der Waals surface area contributed by atoms with Crippen LogP contribution in [-0.4, -0.2) is 26.2 Å². The Morgan fingerprint density at radius 3 is 2.38 bits per heavy atom. The highest BCUT2D eigenvalue weighted by Gasteiger charge is 2.26. The Hall–Kier alpha value is -1.67. The summed E-state index contributed by atoms with van der Waals surface area (Å²) < 4.78 is 26.6. The number of benzene rings is 1. The molecule has 1 N–H and O–H groups in total. The van der Waals surface area contributed by atoms with E-state index in [2.05, 4.69) is 5.32 Å². The molecule has 0 aromatic heterocycles. The zero-order chi connectivity index (χ0) is 11.7. The molecule has 0 atom stereocenters. The Bertz CT molecular complexity index is 424. The zero-order valence-electron chi connectivity index (χ0n) is 8.80. The standard InChI is InChI=1S/C11H11F2N3/c1-15-7-5-16(6-7)8-2-10(12)9(4-14)11(13)3-8/h2-3,7,15H,5-6H2,1H3. The van der Waals surface area contributed by atoms with Gasteiger partial charge in [-0.2, -0.15) is 5.26 Å². The Balaban J connectivity index is 2.22. The molecule has 1 aliphatic rings. The van der Waals surface area contributed by atoms with E-state index in [0.29, 0.717) is 11.7 Å². The summed E-state index contributed by atoms with van der Waals surface area (Å²) in [6.07, 6.45) is 0. The Labute approximate surface area is 92.3 Å². The van der Waals surface area contributed by atoms with Gasteiger partial charge in [-0.3, -0.25) is 0 Å². The van der Waals surface area contributed by atoms with E-state index in [4.69, 9.17) is 5.26 Å². The molecule has 16 heavy (non-hydrogen) atoms. The van der Waals surface area contributed by atoms with Gasteiger partial charge in [-0.1, -0.05) is 0 Å². The molecular formula is C11H11F2N3. The number of rotatable bonds is 2. The van der Waals surface area contributed by atoms with Crippen LogP contribution in [0.1, 0.15) is 5.56 Å². The topological polar surface area (TPSA) is 39.1 Å². The van der Waals surface area contributed by atoms with Gasteiger partial charge in [0.25, 0.3) is 0 Å². The van der Waals surface area contributed by atoms with Crippen LogP contribution < -0.4 is 10.2 Å². The maximum Gasteiger partial charge on any atom is 0.146 e. The van der Waals surface area contributed by atoms with Gasteiger partial charge in [0.05, 0.1) is 0 Å². The van der Waals surface area contributed by atoms with Crippen molar-refractivity contribution in [2.75, 3.05) is 25.0 Å². The fourth-order valence-electron chi connectivity index (χ4n) is 1.72. The number of hydrogen-bond acceptors (Lipinski definition) is 3. The fraction of sp³-hybridized carbons (Fsp3) is 0.364. The molecule has 5 heteroatoms.